The van der Waals surface area contributed by atoms with E-state index in [1.165, 1.54) is 24.0 Å². The summed E-state index contributed by atoms with van der Waals surface area (Å²) in [6.07, 6.45) is 6.88. The van der Waals surface area contributed by atoms with Crippen molar-refractivity contribution in [1.82, 2.24) is 0 Å². The van der Waals surface area contributed by atoms with Gasteiger partial charge in [0.1, 0.15) is 0 Å². The zero-order chi connectivity index (χ0) is 9.97. The van der Waals surface area contributed by atoms with Crippen LogP contribution in [0.4, 0.5) is 0 Å². The summed E-state index contributed by atoms with van der Waals surface area (Å²) in [6, 6.07) is 6.27. The van der Waals surface area contributed by atoms with Crippen LogP contribution in [0.1, 0.15) is 30.9 Å². The molecule has 1 aliphatic carbocycles. The van der Waals surface area contributed by atoms with Gasteiger partial charge in [0.05, 0.1) is 0 Å². The van der Waals surface area contributed by atoms with E-state index in [1.807, 2.05) is 6.07 Å². The maximum atomic E-state index is 6.19. The highest BCUT2D eigenvalue weighted by Crippen LogP contribution is 2.28. The van der Waals surface area contributed by atoms with Crippen molar-refractivity contribution in [3.8, 4) is 0 Å². The molecule has 0 spiro atoms. The molecule has 0 unspecified atom stereocenters. The van der Waals surface area contributed by atoms with Gasteiger partial charge in [0.15, 0.2) is 0 Å². The van der Waals surface area contributed by atoms with Gasteiger partial charge in [0.2, 0.25) is 0 Å². The van der Waals surface area contributed by atoms with E-state index >= 15 is 0 Å². The third kappa shape index (κ3) is 1.85. The zero-order valence-electron chi connectivity index (χ0n) is 8.52. The van der Waals surface area contributed by atoms with Crippen LogP contribution in [-0.2, 0) is 12.8 Å². The van der Waals surface area contributed by atoms with E-state index in [0.29, 0.717) is 0 Å². The number of rotatable bonds is 0. The lowest BCUT2D eigenvalue weighted by molar-refractivity contribution is 0.886. The molecule has 0 bridgehead atoms. The third-order valence-electron chi connectivity index (χ3n) is 3.04. The van der Waals surface area contributed by atoms with Crippen molar-refractivity contribution in [2.24, 2.45) is 0 Å². The number of halogens is 1. The third-order valence-corrected chi connectivity index (χ3v) is 3.39. The van der Waals surface area contributed by atoms with Gasteiger partial charge in [-0.1, -0.05) is 35.4 Å². The summed E-state index contributed by atoms with van der Waals surface area (Å²) in [5.41, 5.74) is 4.37. The maximum absolute atomic E-state index is 6.19. The smallest absolute Gasteiger partial charge is 0.0440 e. The van der Waals surface area contributed by atoms with Crippen LogP contribution < -0.4 is 0 Å². The molecule has 0 aromatic heterocycles. The topological polar surface area (TPSA) is 0 Å². The Morgan fingerprint density at radius 1 is 1.14 bits per heavy atom. The van der Waals surface area contributed by atoms with Crippen LogP contribution in [0.3, 0.4) is 0 Å². The number of hydrogen-bond donors (Lipinski definition) is 0. The largest absolute Gasteiger partial charge is 0.0884 e. The molecular formula is C13H15Cl. The van der Waals surface area contributed by atoms with Gasteiger partial charge >= 0.3 is 0 Å². The van der Waals surface area contributed by atoms with Gasteiger partial charge in [-0.3, -0.25) is 0 Å². The molecule has 0 heterocycles. The summed E-state index contributed by atoms with van der Waals surface area (Å²) in [7, 11) is 0. The molecule has 1 aromatic rings. The normalized spacial score (nSPS) is 19.1. The van der Waals surface area contributed by atoms with Crippen molar-refractivity contribution >= 4 is 11.6 Å². The predicted molar refractivity (Wildman–Crippen MR) is 61.9 cm³/mol. The Hall–Kier alpha value is -0.750. The van der Waals surface area contributed by atoms with E-state index in [2.05, 4.69) is 25.1 Å². The molecule has 0 N–H and O–H groups in total. The second-order valence-corrected chi connectivity index (χ2v) is 4.23. The minimum absolute atomic E-state index is 0.944. The van der Waals surface area contributed by atoms with Crippen LogP contribution in [-0.4, -0.2) is 0 Å². The molecule has 1 heteroatoms. The van der Waals surface area contributed by atoms with Crippen LogP contribution in [0.25, 0.3) is 0 Å². The van der Waals surface area contributed by atoms with Gasteiger partial charge in [0, 0.05) is 5.02 Å². The maximum Gasteiger partial charge on any atom is 0.0440 e. The van der Waals surface area contributed by atoms with Crippen molar-refractivity contribution in [1.29, 1.82) is 0 Å². The molecule has 74 valence electrons. The van der Waals surface area contributed by atoms with Crippen molar-refractivity contribution in [2.75, 3.05) is 0 Å². The van der Waals surface area contributed by atoms with Crippen LogP contribution >= 0.6 is 11.6 Å². The number of benzene rings is 1. The summed E-state index contributed by atoms with van der Waals surface area (Å²) in [6.45, 7) is 2.13. The molecule has 0 radical (unpaired) electrons. The van der Waals surface area contributed by atoms with Crippen LogP contribution in [0, 0.1) is 0 Å². The van der Waals surface area contributed by atoms with Crippen LogP contribution in [0.5, 0.6) is 0 Å². The number of hydrogen-bond acceptors (Lipinski definition) is 0. The molecule has 0 saturated heterocycles. The first kappa shape index (κ1) is 9.79. The van der Waals surface area contributed by atoms with E-state index in [0.717, 1.165) is 17.9 Å². The fraction of sp³-hybridized carbons (Fsp3) is 0.385. The molecule has 0 atom stereocenters. The first-order valence-corrected chi connectivity index (χ1v) is 5.59. The highest BCUT2D eigenvalue weighted by Gasteiger charge is 2.12. The monoisotopic (exact) mass is 206 g/mol. The Bertz CT molecular complexity index is 363. The fourth-order valence-corrected chi connectivity index (χ4v) is 2.40. The Kier molecular flexibility index (Phi) is 2.93. The van der Waals surface area contributed by atoms with Crippen molar-refractivity contribution in [3.63, 3.8) is 0 Å². The number of fused-ring (bicyclic) bond motifs is 1. The Morgan fingerprint density at radius 2 is 1.93 bits per heavy atom. The average molecular weight is 207 g/mol. The van der Waals surface area contributed by atoms with Crippen LogP contribution in [0.15, 0.2) is 29.8 Å². The molecule has 0 fully saturated rings. The molecule has 14 heavy (non-hydrogen) atoms. The summed E-state index contributed by atoms with van der Waals surface area (Å²) < 4.78 is 0. The molecule has 1 aromatic carbocycles. The van der Waals surface area contributed by atoms with Gasteiger partial charge in [-0.05, 0) is 49.8 Å². The Labute approximate surface area is 90.6 Å². The summed E-state index contributed by atoms with van der Waals surface area (Å²) >= 11 is 6.19. The lowest BCUT2D eigenvalue weighted by atomic mass is 10.0. The standard InChI is InChI=1S/C13H15Cl/c1-2-10-6-8-11-4-3-5-13(14)12(11)9-7-10/h2-5H,6-9H2,1H3/b10-2-. The average Bonchev–Trinajstić information content (AvgIpc) is 2.41. The predicted octanol–water partition coefficient (Wildman–Crippen LogP) is 4.17. The molecule has 0 saturated carbocycles. The van der Waals surface area contributed by atoms with Gasteiger partial charge in [-0.25, -0.2) is 0 Å². The van der Waals surface area contributed by atoms with E-state index in [4.69, 9.17) is 11.6 Å². The molecule has 0 aliphatic heterocycles. The Morgan fingerprint density at radius 3 is 2.71 bits per heavy atom. The zero-order valence-corrected chi connectivity index (χ0v) is 9.27. The van der Waals surface area contributed by atoms with Gasteiger partial charge in [-0.15, -0.1) is 0 Å². The highest BCUT2D eigenvalue weighted by molar-refractivity contribution is 6.31. The molecular weight excluding hydrogens is 192 g/mol. The van der Waals surface area contributed by atoms with Crippen molar-refractivity contribution < 1.29 is 0 Å². The first-order chi connectivity index (χ1) is 6.81. The number of allylic oxidation sites excluding steroid dienone is 2. The first-order valence-electron chi connectivity index (χ1n) is 5.21. The molecule has 0 amide bonds. The SMILES string of the molecule is C/C=C1/CCc2cccc(Cl)c2CC1. The Balaban J connectivity index is 2.34. The van der Waals surface area contributed by atoms with Gasteiger partial charge in [-0.2, -0.15) is 0 Å². The lowest BCUT2D eigenvalue weighted by Crippen LogP contribution is -1.90. The summed E-state index contributed by atoms with van der Waals surface area (Å²) in [4.78, 5) is 0. The minimum Gasteiger partial charge on any atom is -0.0884 e. The molecule has 2 rings (SSSR count). The summed E-state index contributed by atoms with van der Waals surface area (Å²) in [5.74, 6) is 0. The highest BCUT2D eigenvalue weighted by atomic mass is 35.5. The van der Waals surface area contributed by atoms with E-state index in [-0.39, 0.29) is 0 Å². The van der Waals surface area contributed by atoms with E-state index < -0.39 is 0 Å². The van der Waals surface area contributed by atoms with E-state index in [1.54, 1.807) is 5.57 Å². The molecule has 1 aliphatic rings. The second kappa shape index (κ2) is 4.18. The summed E-state index contributed by atoms with van der Waals surface area (Å²) in [5, 5.41) is 0.944. The van der Waals surface area contributed by atoms with Crippen molar-refractivity contribution in [2.45, 2.75) is 32.6 Å². The number of aryl methyl sites for hydroxylation is 1. The lowest BCUT2D eigenvalue weighted by Gasteiger charge is -2.05. The molecule has 0 nitrogen and oxygen atoms in total. The van der Waals surface area contributed by atoms with E-state index in [9.17, 15) is 0 Å². The quantitative estimate of drug-likeness (QED) is 0.442. The van der Waals surface area contributed by atoms with Crippen molar-refractivity contribution in [3.05, 3.63) is 46.0 Å². The van der Waals surface area contributed by atoms with Gasteiger partial charge < -0.3 is 0 Å². The van der Waals surface area contributed by atoms with Crippen LogP contribution in [0.2, 0.25) is 5.02 Å². The second-order valence-electron chi connectivity index (χ2n) is 3.82. The fourth-order valence-electron chi connectivity index (χ4n) is 2.11. The van der Waals surface area contributed by atoms with Gasteiger partial charge in [0.25, 0.3) is 0 Å². The minimum atomic E-state index is 0.944.